The van der Waals surface area contributed by atoms with Crippen LogP contribution in [0.1, 0.15) is 0 Å². The quantitative estimate of drug-likeness (QED) is 0.231. The Labute approximate surface area is 227 Å². The molecule has 0 amide bonds. The SMILES string of the molecule is COC[C@H]1O[C@H](O[C@H]2[C@H](OC)[C@@H](OC)[C@@H](OC)O[C@@H]2CNS(=O)(=O)c2ccc([N+](=O)[O-])cc2)[C@@H](OC)[C@@H]1OC. The van der Waals surface area contributed by atoms with Crippen molar-refractivity contribution in [3.63, 3.8) is 0 Å². The largest absolute Gasteiger partial charge is 0.382 e. The molecule has 1 aromatic rings. The first-order valence-corrected chi connectivity index (χ1v) is 13.5. The minimum atomic E-state index is -4.08. The van der Waals surface area contributed by atoms with Crippen LogP contribution in [0.2, 0.25) is 0 Å². The predicted octanol–water partition coefficient (Wildman–Crippen LogP) is 0.0609. The highest BCUT2D eigenvalue weighted by molar-refractivity contribution is 7.89. The summed E-state index contributed by atoms with van der Waals surface area (Å²) < 4.78 is 80.0. The molecular formula is C23H36N2O13S. The summed E-state index contributed by atoms with van der Waals surface area (Å²) in [5.41, 5.74) is -0.236. The maximum absolute atomic E-state index is 13.0. The lowest BCUT2D eigenvalue weighted by atomic mass is 9.98. The summed E-state index contributed by atoms with van der Waals surface area (Å²) in [6, 6.07) is 4.49. The number of sulfonamides is 1. The molecule has 0 aromatic heterocycles. The highest BCUT2D eigenvalue weighted by Gasteiger charge is 2.53. The molecule has 1 aromatic carbocycles. The number of methoxy groups -OCH3 is 6. The van der Waals surface area contributed by atoms with E-state index < -0.39 is 70.3 Å². The van der Waals surface area contributed by atoms with Gasteiger partial charge in [0.2, 0.25) is 10.0 Å². The molecule has 0 unspecified atom stereocenters. The minimum absolute atomic E-state index is 0.161. The Bertz CT molecular complexity index is 1030. The summed E-state index contributed by atoms with van der Waals surface area (Å²) in [5.74, 6) is 0. The molecule has 2 aliphatic heterocycles. The van der Waals surface area contributed by atoms with Gasteiger partial charge in [-0.1, -0.05) is 0 Å². The van der Waals surface area contributed by atoms with E-state index >= 15 is 0 Å². The number of nitro benzene ring substituents is 1. The van der Waals surface area contributed by atoms with Crippen LogP contribution in [0.4, 0.5) is 5.69 Å². The van der Waals surface area contributed by atoms with E-state index in [1.807, 2.05) is 0 Å². The van der Waals surface area contributed by atoms with Gasteiger partial charge in [0.05, 0.1) is 16.4 Å². The van der Waals surface area contributed by atoms with Gasteiger partial charge in [-0.3, -0.25) is 10.1 Å². The Balaban J connectivity index is 1.86. The molecule has 0 aliphatic carbocycles. The maximum atomic E-state index is 13.0. The first-order valence-electron chi connectivity index (χ1n) is 12.0. The second-order valence-electron chi connectivity index (χ2n) is 8.78. The number of non-ortho nitro benzene ring substituents is 1. The molecule has 39 heavy (non-hydrogen) atoms. The lowest BCUT2D eigenvalue weighted by Crippen LogP contribution is -2.63. The molecule has 2 saturated heterocycles. The van der Waals surface area contributed by atoms with E-state index in [-0.39, 0.29) is 23.7 Å². The summed E-state index contributed by atoms with van der Waals surface area (Å²) in [7, 11) is 4.80. The number of benzene rings is 1. The molecule has 0 saturated carbocycles. The third-order valence-corrected chi connectivity index (χ3v) is 8.07. The smallest absolute Gasteiger partial charge is 0.269 e. The fourth-order valence-electron chi connectivity index (χ4n) is 4.72. The van der Waals surface area contributed by atoms with Crippen molar-refractivity contribution in [3.8, 4) is 0 Å². The van der Waals surface area contributed by atoms with Crippen molar-refractivity contribution in [3.05, 3.63) is 34.4 Å². The predicted molar refractivity (Wildman–Crippen MR) is 133 cm³/mol. The Morgan fingerprint density at radius 2 is 1.36 bits per heavy atom. The van der Waals surface area contributed by atoms with Crippen LogP contribution < -0.4 is 4.72 Å². The van der Waals surface area contributed by atoms with E-state index in [1.54, 1.807) is 0 Å². The fraction of sp³-hybridized carbons (Fsp3) is 0.739. The summed E-state index contributed by atoms with van der Waals surface area (Å²) in [5, 5.41) is 10.9. The number of hydrogen-bond acceptors (Lipinski definition) is 13. The number of ether oxygens (including phenoxy) is 9. The monoisotopic (exact) mass is 580 g/mol. The summed E-state index contributed by atoms with van der Waals surface area (Å²) in [6.07, 6.45) is -6.88. The van der Waals surface area contributed by atoms with Crippen LogP contribution in [0.25, 0.3) is 0 Å². The topological polar surface area (TPSA) is 172 Å². The molecular weight excluding hydrogens is 544 g/mol. The number of rotatable bonds is 14. The molecule has 3 rings (SSSR count). The van der Waals surface area contributed by atoms with E-state index in [0.29, 0.717) is 0 Å². The van der Waals surface area contributed by atoms with Gasteiger partial charge >= 0.3 is 0 Å². The first-order chi connectivity index (χ1) is 18.6. The number of nitrogens with one attached hydrogen (secondary N) is 1. The van der Waals surface area contributed by atoms with Gasteiger partial charge in [-0.25, -0.2) is 13.1 Å². The highest BCUT2D eigenvalue weighted by Crippen LogP contribution is 2.33. The maximum Gasteiger partial charge on any atom is 0.269 e. The van der Waals surface area contributed by atoms with E-state index in [2.05, 4.69) is 4.72 Å². The Kier molecular flexibility index (Phi) is 11.5. The van der Waals surface area contributed by atoms with Gasteiger partial charge in [0.15, 0.2) is 12.6 Å². The van der Waals surface area contributed by atoms with Crippen LogP contribution in [-0.2, 0) is 52.7 Å². The van der Waals surface area contributed by atoms with Crippen LogP contribution in [-0.4, -0.2) is 124 Å². The molecule has 2 fully saturated rings. The van der Waals surface area contributed by atoms with E-state index in [0.717, 1.165) is 24.3 Å². The lowest BCUT2D eigenvalue weighted by Gasteiger charge is -2.45. The van der Waals surface area contributed by atoms with Crippen molar-refractivity contribution in [2.75, 3.05) is 55.8 Å². The van der Waals surface area contributed by atoms with Crippen LogP contribution in [0, 0.1) is 10.1 Å². The summed E-state index contributed by atoms with van der Waals surface area (Å²) in [4.78, 5) is 10.1. The van der Waals surface area contributed by atoms with Gasteiger partial charge in [-0.2, -0.15) is 0 Å². The van der Waals surface area contributed by atoms with Gasteiger partial charge in [-0.15, -0.1) is 0 Å². The second-order valence-corrected chi connectivity index (χ2v) is 10.5. The number of nitro groups is 1. The average molecular weight is 581 g/mol. The van der Waals surface area contributed by atoms with Crippen LogP contribution >= 0.6 is 0 Å². The normalized spacial score (nSPS) is 33.3. The summed E-state index contributed by atoms with van der Waals surface area (Å²) >= 11 is 0. The molecule has 0 spiro atoms. The van der Waals surface area contributed by atoms with E-state index in [9.17, 15) is 18.5 Å². The van der Waals surface area contributed by atoms with Crippen LogP contribution in [0.3, 0.4) is 0 Å². The molecule has 222 valence electrons. The molecule has 2 aliphatic rings. The zero-order valence-electron chi connectivity index (χ0n) is 22.6. The zero-order valence-corrected chi connectivity index (χ0v) is 23.4. The molecule has 2 heterocycles. The second kappa shape index (κ2) is 14.2. The van der Waals surface area contributed by atoms with Crippen LogP contribution in [0.15, 0.2) is 29.2 Å². The third-order valence-electron chi connectivity index (χ3n) is 6.63. The van der Waals surface area contributed by atoms with E-state index in [1.165, 1.54) is 42.7 Å². The van der Waals surface area contributed by atoms with Crippen molar-refractivity contribution < 1.29 is 56.0 Å². The van der Waals surface area contributed by atoms with Gasteiger partial charge < -0.3 is 42.6 Å². The molecule has 0 radical (unpaired) electrons. The number of hydrogen-bond donors (Lipinski definition) is 1. The molecule has 0 bridgehead atoms. The van der Waals surface area contributed by atoms with Crippen molar-refractivity contribution in [1.82, 2.24) is 4.72 Å². The van der Waals surface area contributed by atoms with Gasteiger partial charge in [0.25, 0.3) is 5.69 Å². The van der Waals surface area contributed by atoms with Crippen molar-refractivity contribution in [2.24, 2.45) is 0 Å². The zero-order chi connectivity index (χ0) is 28.7. The Morgan fingerprint density at radius 3 is 1.87 bits per heavy atom. The van der Waals surface area contributed by atoms with Gasteiger partial charge in [0, 0.05) is 61.3 Å². The Morgan fingerprint density at radius 1 is 0.795 bits per heavy atom. The van der Waals surface area contributed by atoms with Gasteiger partial charge in [0.1, 0.15) is 42.7 Å². The first kappa shape index (κ1) is 31.7. The highest BCUT2D eigenvalue weighted by atomic mass is 32.2. The molecule has 15 nitrogen and oxygen atoms in total. The van der Waals surface area contributed by atoms with Crippen LogP contribution in [0.5, 0.6) is 0 Å². The van der Waals surface area contributed by atoms with Crippen molar-refractivity contribution in [1.29, 1.82) is 0 Å². The molecule has 16 heteroatoms. The third kappa shape index (κ3) is 7.09. The Hall–Kier alpha value is -1.83. The number of nitrogens with zero attached hydrogens (tertiary/aromatic N) is 1. The molecule has 9 atom stereocenters. The minimum Gasteiger partial charge on any atom is -0.382 e. The lowest BCUT2D eigenvalue weighted by molar-refractivity contribution is -0.384. The van der Waals surface area contributed by atoms with Gasteiger partial charge in [-0.05, 0) is 12.1 Å². The molecule has 1 N–H and O–H groups in total. The fourth-order valence-corrected chi connectivity index (χ4v) is 5.77. The van der Waals surface area contributed by atoms with E-state index in [4.69, 9.17) is 42.6 Å². The summed E-state index contributed by atoms with van der Waals surface area (Å²) in [6.45, 7) is -0.0439. The average Bonchev–Trinajstić information content (AvgIpc) is 3.27. The van der Waals surface area contributed by atoms with Crippen molar-refractivity contribution >= 4 is 15.7 Å². The van der Waals surface area contributed by atoms with Crippen molar-refractivity contribution in [2.45, 2.75) is 60.2 Å². The standard InChI is InChI=1S/C23H36N2O13S/c1-30-12-16-17(31-2)20(33-4)23(37-16)38-18-15(36-22(35-6)21(34-5)19(18)32-3)11-24-39(28,29)14-9-7-13(8-10-14)25(26)27/h7-10,15-24H,11-12H2,1-6H3/t15-,16-,17-,18-,19+,20+,21-,22+,23-/m1/s1.